The third-order valence-corrected chi connectivity index (χ3v) is 3.36. The molecule has 1 heterocycles. The molecular formula is C13H17ClN2O2. The molecule has 1 aromatic rings. The number of ether oxygens (including phenoxy) is 1. The number of carbonyl (C=O) groups excluding carboxylic acids is 1. The third kappa shape index (κ3) is 3.15. The Kier molecular flexibility index (Phi) is 4.09. The van der Waals surface area contributed by atoms with Gasteiger partial charge in [0.15, 0.2) is 0 Å². The molecule has 0 aliphatic carbocycles. The number of nitrogens with one attached hydrogen (secondary N) is 1. The molecule has 5 heteroatoms. The van der Waals surface area contributed by atoms with Gasteiger partial charge in [-0.3, -0.25) is 4.79 Å². The monoisotopic (exact) mass is 268 g/mol. The van der Waals surface area contributed by atoms with E-state index in [9.17, 15) is 4.79 Å². The molecule has 2 rings (SSSR count). The Morgan fingerprint density at radius 1 is 1.50 bits per heavy atom. The van der Waals surface area contributed by atoms with Crippen LogP contribution in [0.2, 0.25) is 5.02 Å². The fourth-order valence-corrected chi connectivity index (χ4v) is 2.33. The van der Waals surface area contributed by atoms with Crippen LogP contribution in [0.25, 0.3) is 0 Å². The lowest BCUT2D eigenvalue weighted by atomic mass is 9.97. The third-order valence-electron chi connectivity index (χ3n) is 3.14. The molecule has 1 saturated heterocycles. The van der Waals surface area contributed by atoms with Gasteiger partial charge in [0, 0.05) is 28.9 Å². The second-order valence-electron chi connectivity index (χ2n) is 4.69. The van der Waals surface area contributed by atoms with Crippen molar-refractivity contribution in [1.82, 2.24) is 5.32 Å². The van der Waals surface area contributed by atoms with E-state index in [-0.39, 0.29) is 11.9 Å². The molecule has 4 nitrogen and oxygen atoms in total. The Hall–Kier alpha value is -1.26. The molecule has 1 aliphatic rings. The van der Waals surface area contributed by atoms with Crippen molar-refractivity contribution < 1.29 is 9.53 Å². The van der Waals surface area contributed by atoms with Crippen LogP contribution in [0.15, 0.2) is 18.2 Å². The van der Waals surface area contributed by atoms with Crippen LogP contribution < -0.4 is 11.1 Å². The second kappa shape index (κ2) is 5.59. The number of benzene rings is 1. The zero-order valence-electron chi connectivity index (χ0n) is 10.3. The molecule has 2 unspecified atom stereocenters. The predicted molar refractivity (Wildman–Crippen MR) is 71.7 cm³/mol. The molecule has 2 atom stereocenters. The smallest absolute Gasteiger partial charge is 0.251 e. The lowest BCUT2D eigenvalue weighted by Gasteiger charge is -2.29. The molecule has 18 heavy (non-hydrogen) atoms. The summed E-state index contributed by atoms with van der Waals surface area (Å²) < 4.78 is 5.35. The minimum atomic E-state index is -0.136. The standard InChI is InChI=1S/C13H17ClN2O2/c1-8-7-18-3-2-12(8)16-13(17)9-4-10(14)6-11(15)5-9/h4-6,8,12H,2-3,7,15H2,1H3,(H,16,17). The first-order chi connectivity index (χ1) is 8.56. The minimum absolute atomic E-state index is 0.136. The number of hydrogen-bond acceptors (Lipinski definition) is 3. The predicted octanol–water partition coefficient (Wildman–Crippen LogP) is 2.08. The lowest BCUT2D eigenvalue weighted by molar-refractivity contribution is 0.0375. The molecule has 1 amide bonds. The summed E-state index contributed by atoms with van der Waals surface area (Å²) in [6.07, 6.45) is 0.836. The zero-order chi connectivity index (χ0) is 13.1. The molecule has 0 radical (unpaired) electrons. The van der Waals surface area contributed by atoms with Crippen molar-refractivity contribution in [2.24, 2.45) is 5.92 Å². The van der Waals surface area contributed by atoms with E-state index >= 15 is 0 Å². The maximum absolute atomic E-state index is 12.1. The number of nitrogens with two attached hydrogens (primary N) is 1. The summed E-state index contributed by atoms with van der Waals surface area (Å²) in [6, 6.07) is 5.02. The average molecular weight is 269 g/mol. The van der Waals surface area contributed by atoms with Gasteiger partial charge in [0.1, 0.15) is 0 Å². The van der Waals surface area contributed by atoms with Crippen molar-refractivity contribution in [2.45, 2.75) is 19.4 Å². The lowest BCUT2D eigenvalue weighted by Crippen LogP contribution is -2.44. The van der Waals surface area contributed by atoms with Gasteiger partial charge in [0.05, 0.1) is 6.61 Å². The van der Waals surface area contributed by atoms with Crippen molar-refractivity contribution in [3.8, 4) is 0 Å². The van der Waals surface area contributed by atoms with Gasteiger partial charge in [-0.15, -0.1) is 0 Å². The van der Waals surface area contributed by atoms with Crippen LogP contribution in [0.5, 0.6) is 0 Å². The molecule has 0 aromatic heterocycles. The Bertz CT molecular complexity index is 430. The SMILES string of the molecule is CC1COCCC1NC(=O)c1cc(N)cc(Cl)c1. The number of hydrogen-bond donors (Lipinski definition) is 2. The fourth-order valence-electron chi connectivity index (χ4n) is 2.09. The van der Waals surface area contributed by atoms with E-state index in [4.69, 9.17) is 22.1 Å². The first-order valence-corrected chi connectivity index (χ1v) is 6.39. The Morgan fingerprint density at radius 3 is 2.94 bits per heavy atom. The molecule has 0 spiro atoms. The Labute approximate surface area is 111 Å². The molecular weight excluding hydrogens is 252 g/mol. The van der Waals surface area contributed by atoms with Crippen LogP contribution in [0, 0.1) is 5.92 Å². The molecule has 1 aromatic carbocycles. The number of amides is 1. The van der Waals surface area contributed by atoms with Crippen LogP contribution >= 0.6 is 11.6 Å². The van der Waals surface area contributed by atoms with Gasteiger partial charge in [-0.05, 0) is 30.5 Å². The summed E-state index contributed by atoms with van der Waals surface area (Å²) in [4.78, 5) is 12.1. The fraction of sp³-hybridized carbons (Fsp3) is 0.462. The van der Waals surface area contributed by atoms with Crippen LogP contribution in [-0.4, -0.2) is 25.2 Å². The summed E-state index contributed by atoms with van der Waals surface area (Å²) in [5.41, 5.74) is 6.67. The zero-order valence-corrected chi connectivity index (χ0v) is 11.0. The number of halogens is 1. The van der Waals surface area contributed by atoms with E-state index in [0.717, 1.165) is 6.42 Å². The highest BCUT2D eigenvalue weighted by atomic mass is 35.5. The van der Waals surface area contributed by atoms with Crippen LogP contribution in [-0.2, 0) is 4.74 Å². The molecule has 1 aliphatic heterocycles. The number of nitrogen functional groups attached to an aromatic ring is 1. The van der Waals surface area contributed by atoms with Crippen molar-refractivity contribution in [2.75, 3.05) is 18.9 Å². The summed E-state index contributed by atoms with van der Waals surface area (Å²) in [7, 11) is 0. The van der Waals surface area contributed by atoms with Crippen LogP contribution in [0.3, 0.4) is 0 Å². The van der Waals surface area contributed by atoms with Gasteiger partial charge in [0.25, 0.3) is 5.91 Å². The van der Waals surface area contributed by atoms with E-state index in [0.29, 0.717) is 35.4 Å². The van der Waals surface area contributed by atoms with Crippen LogP contribution in [0.4, 0.5) is 5.69 Å². The van der Waals surface area contributed by atoms with Crippen molar-refractivity contribution in [1.29, 1.82) is 0 Å². The number of rotatable bonds is 2. The molecule has 1 fully saturated rings. The van der Waals surface area contributed by atoms with E-state index < -0.39 is 0 Å². The average Bonchev–Trinajstić information content (AvgIpc) is 2.31. The maximum atomic E-state index is 12.1. The summed E-state index contributed by atoms with van der Waals surface area (Å²) in [5.74, 6) is 0.183. The summed E-state index contributed by atoms with van der Waals surface area (Å²) >= 11 is 5.89. The highest BCUT2D eigenvalue weighted by Gasteiger charge is 2.23. The molecule has 0 saturated carbocycles. The van der Waals surface area contributed by atoms with Crippen molar-refractivity contribution in [3.05, 3.63) is 28.8 Å². The van der Waals surface area contributed by atoms with Crippen molar-refractivity contribution >= 4 is 23.2 Å². The second-order valence-corrected chi connectivity index (χ2v) is 5.13. The normalized spacial score (nSPS) is 23.7. The van der Waals surface area contributed by atoms with Gasteiger partial charge in [-0.1, -0.05) is 18.5 Å². The van der Waals surface area contributed by atoms with E-state index in [1.54, 1.807) is 18.2 Å². The number of carbonyl (C=O) groups is 1. The molecule has 98 valence electrons. The first-order valence-electron chi connectivity index (χ1n) is 6.01. The highest BCUT2D eigenvalue weighted by Crippen LogP contribution is 2.18. The maximum Gasteiger partial charge on any atom is 0.251 e. The topological polar surface area (TPSA) is 64.3 Å². The minimum Gasteiger partial charge on any atom is -0.399 e. The quantitative estimate of drug-likeness (QED) is 0.807. The van der Waals surface area contributed by atoms with Crippen LogP contribution in [0.1, 0.15) is 23.7 Å². The van der Waals surface area contributed by atoms with Gasteiger partial charge in [-0.2, -0.15) is 0 Å². The van der Waals surface area contributed by atoms with Crippen molar-refractivity contribution in [3.63, 3.8) is 0 Å². The van der Waals surface area contributed by atoms with E-state index in [1.165, 1.54) is 0 Å². The largest absolute Gasteiger partial charge is 0.399 e. The van der Waals surface area contributed by atoms with E-state index in [2.05, 4.69) is 12.2 Å². The molecule has 0 bridgehead atoms. The van der Waals surface area contributed by atoms with Gasteiger partial charge >= 0.3 is 0 Å². The summed E-state index contributed by atoms with van der Waals surface area (Å²) in [6.45, 7) is 3.44. The van der Waals surface area contributed by atoms with Gasteiger partial charge in [-0.25, -0.2) is 0 Å². The first kappa shape index (κ1) is 13.2. The Balaban J connectivity index is 2.06. The van der Waals surface area contributed by atoms with Gasteiger partial charge in [0.2, 0.25) is 0 Å². The van der Waals surface area contributed by atoms with E-state index in [1.807, 2.05) is 0 Å². The molecule has 3 N–H and O–H groups in total. The van der Waals surface area contributed by atoms with Gasteiger partial charge < -0.3 is 15.8 Å². The Morgan fingerprint density at radius 2 is 2.28 bits per heavy atom. The highest BCUT2D eigenvalue weighted by molar-refractivity contribution is 6.31. The summed E-state index contributed by atoms with van der Waals surface area (Å²) in [5, 5.41) is 3.48. The number of anilines is 1.